The van der Waals surface area contributed by atoms with Crippen LogP contribution in [0.15, 0.2) is 53.5 Å². The highest BCUT2D eigenvalue weighted by Gasteiger charge is 2.45. The second-order valence-corrected chi connectivity index (χ2v) is 10.5. The molecule has 4 N–H and O–H groups in total. The smallest absolute Gasteiger partial charge is 0.386 e. The number of hydrogen-bond acceptors (Lipinski definition) is 7. The third-order valence-corrected chi connectivity index (χ3v) is 6.60. The Labute approximate surface area is 251 Å². The number of amides is 2. The Bertz CT molecular complexity index is 1480. The van der Waals surface area contributed by atoms with E-state index in [1.165, 1.54) is 17.9 Å². The van der Waals surface area contributed by atoms with Gasteiger partial charge in [0.2, 0.25) is 0 Å². The molecular formula is C29H30F3N5O5S. The molecule has 1 heterocycles. The number of benzene rings is 2. The fraction of sp³-hybridized carbons (Fsp3) is 0.345. The van der Waals surface area contributed by atoms with Gasteiger partial charge in [-0.3, -0.25) is 19.4 Å². The predicted molar refractivity (Wildman–Crippen MR) is 156 cm³/mol. The van der Waals surface area contributed by atoms with Gasteiger partial charge in [0.25, 0.3) is 11.8 Å². The first kappa shape index (κ1) is 33.0. The molecule has 1 aliphatic heterocycles. The van der Waals surface area contributed by atoms with Crippen LogP contribution in [0, 0.1) is 11.8 Å². The van der Waals surface area contributed by atoms with Gasteiger partial charge in [-0.25, -0.2) is 4.79 Å². The second-order valence-electron chi connectivity index (χ2n) is 9.92. The number of guanidine groups is 1. The third kappa shape index (κ3) is 8.07. The summed E-state index contributed by atoms with van der Waals surface area (Å²) >= 11 is 4.33. The summed E-state index contributed by atoms with van der Waals surface area (Å²) in [5.41, 5.74) is 11.8. The average molecular weight is 618 g/mol. The van der Waals surface area contributed by atoms with E-state index in [1.807, 2.05) is 0 Å². The van der Waals surface area contributed by atoms with Crippen LogP contribution in [-0.4, -0.2) is 64.7 Å². The van der Waals surface area contributed by atoms with Crippen molar-refractivity contribution in [2.75, 3.05) is 11.4 Å². The molecule has 14 heteroatoms. The topological polar surface area (TPSA) is 148 Å². The summed E-state index contributed by atoms with van der Waals surface area (Å²) in [6.45, 7) is 5.02. The van der Waals surface area contributed by atoms with Crippen molar-refractivity contribution >= 4 is 48.0 Å². The van der Waals surface area contributed by atoms with Crippen molar-refractivity contribution < 1.29 is 37.1 Å². The van der Waals surface area contributed by atoms with Gasteiger partial charge in [-0.15, -0.1) is 0 Å². The van der Waals surface area contributed by atoms with Crippen LogP contribution >= 0.6 is 12.6 Å². The van der Waals surface area contributed by atoms with E-state index in [0.29, 0.717) is 11.1 Å². The Morgan fingerprint density at radius 1 is 1.09 bits per heavy atom. The number of rotatable bonds is 7. The number of carbonyl (C=O) groups excluding carboxylic acids is 4. The van der Waals surface area contributed by atoms with Crippen molar-refractivity contribution in [3.05, 3.63) is 65.2 Å². The summed E-state index contributed by atoms with van der Waals surface area (Å²) < 4.78 is 42.0. The van der Waals surface area contributed by atoms with Crippen molar-refractivity contribution in [2.24, 2.45) is 16.5 Å². The number of carbonyl (C=O) groups is 4. The fourth-order valence-electron chi connectivity index (χ4n) is 4.49. The molecule has 0 radical (unpaired) electrons. The van der Waals surface area contributed by atoms with Crippen LogP contribution in [0.25, 0.3) is 0 Å². The second kappa shape index (κ2) is 13.6. The predicted octanol–water partition coefficient (Wildman–Crippen LogP) is 2.96. The number of esters is 2. The zero-order valence-electron chi connectivity index (χ0n) is 23.5. The number of aliphatic imine (C=N–C) groups is 1. The van der Waals surface area contributed by atoms with E-state index < -0.39 is 59.7 Å². The Hall–Kier alpha value is -4.51. The highest BCUT2D eigenvalue weighted by molar-refractivity contribution is 7.81. The van der Waals surface area contributed by atoms with Gasteiger partial charge in [-0.05, 0) is 44.5 Å². The Balaban J connectivity index is 2.12. The van der Waals surface area contributed by atoms with E-state index in [2.05, 4.69) is 34.2 Å². The maximum Gasteiger partial charge on any atom is 0.491 e. The molecule has 0 aliphatic carbocycles. The van der Waals surface area contributed by atoms with Crippen molar-refractivity contribution in [3.8, 4) is 11.8 Å². The lowest BCUT2D eigenvalue weighted by molar-refractivity contribution is -0.202. The van der Waals surface area contributed by atoms with E-state index >= 15 is 0 Å². The lowest BCUT2D eigenvalue weighted by atomic mass is 10.0. The molecule has 2 aromatic carbocycles. The summed E-state index contributed by atoms with van der Waals surface area (Å²) in [6.07, 6.45) is -6.18. The van der Waals surface area contributed by atoms with Gasteiger partial charge in [0.05, 0.1) is 29.5 Å². The van der Waals surface area contributed by atoms with Gasteiger partial charge >= 0.3 is 18.1 Å². The van der Waals surface area contributed by atoms with Crippen molar-refractivity contribution in [2.45, 2.75) is 56.7 Å². The number of thiol groups is 1. The van der Waals surface area contributed by atoms with Gasteiger partial charge in [0.1, 0.15) is 6.04 Å². The number of nitrogens with two attached hydrogens (primary N) is 2. The molecule has 1 aliphatic rings. The molecule has 3 rings (SSSR count). The monoisotopic (exact) mass is 617 g/mol. The van der Waals surface area contributed by atoms with Crippen molar-refractivity contribution in [1.82, 2.24) is 4.90 Å². The van der Waals surface area contributed by atoms with Crippen molar-refractivity contribution in [3.63, 3.8) is 0 Å². The zero-order valence-corrected chi connectivity index (χ0v) is 24.4. The summed E-state index contributed by atoms with van der Waals surface area (Å²) in [4.78, 5) is 58.4. The third-order valence-electron chi connectivity index (χ3n) is 6.31. The molecular weight excluding hydrogens is 587 g/mol. The molecule has 10 nitrogen and oxygen atoms in total. The molecule has 3 atom stereocenters. The number of fused-ring (bicyclic) bond motifs is 1. The molecule has 228 valence electrons. The standard InChI is InChI=1S/C29H30F3N5O5S/c1-16(2)36-22-12-10-18(9-11-20(43)15-35-28(33)34)14-21(22)25(39)37(24(26(36)40)19-7-5-4-6-8-19)17(3)13-23(38)42-27(41)29(30,31)32/h4-8,10,12,14,16-17,20,24,43H,13,15H2,1-3H3,(H4,33,34,35). The first-order valence-electron chi connectivity index (χ1n) is 13.0. The Kier molecular flexibility index (Phi) is 10.5. The molecule has 0 saturated carbocycles. The number of halogens is 3. The molecule has 43 heavy (non-hydrogen) atoms. The van der Waals surface area contributed by atoms with Gasteiger partial charge in [-0.2, -0.15) is 25.8 Å². The largest absolute Gasteiger partial charge is 0.491 e. The number of ether oxygens (including phenoxy) is 1. The Morgan fingerprint density at radius 3 is 2.33 bits per heavy atom. The molecule has 0 fully saturated rings. The van der Waals surface area contributed by atoms with Crippen LogP contribution in [0.1, 0.15) is 54.7 Å². The Morgan fingerprint density at radius 2 is 1.74 bits per heavy atom. The highest BCUT2D eigenvalue weighted by Crippen LogP contribution is 2.38. The van der Waals surface area contributed by atoms with E-state index in [4.69, 9.17) is 11.5 Å². The first-order valence-corrected chi connectivity index (χ1v) is 13.5. The summed E-state index contributed by atoms with van der Waals surface area (Å²) in [7, 11) is 0. The molecule has 3 unspecified atom stereocenters. The normalized spacial score (nSPS) is 16.4. The van der Waals surface area contributed by atoms with Crippen LogP contribution in [0.5, 0.6) is 0 Å². The molecule has 0 bridgehead atoms. The van der Waals surface area contributed by atoms with Crippen LogP contribution in [0.3, 0.4) is 0 Å². The number of anilines is 1. The zero-order chi connectivity index (χ0) is 32.1. The van der Waals surface area contributed by atoms with Crippen molar-refractivity contribution in [1.29, 1.82) is 0 Å². The molecule has 2 amide bonds. The van der Waals surface area contributed by atoms with Gasteiger partial charge in [-0.1, -0.05) is 42.2 Å². The summed E-state index contributed by atoms with van der Waals surface area (Å²) in [5, 5.41) is -0.533. The minimum atomic E-state index is -5.39. The summed E-state index contributed by atoms with van der Waals surface area (Å²) in [5.74, 6) is 0.266. The minimum absolute atomic E-state index is 0.0683. The van der Waals surface area contributed by atoms with Crippen LogP contribution in [0.4, 0.5) is 18.9 Å². The van der Waals surface area contributed by atoms with E-state index in [-0.39, 0.29) is 23.8 Å². The van der Waals surface area contributed by atoms with Gasteiger partial charge < -0.3 is 26.0 Å². The number of nitrogens with zero attached hydrogens (tertiary/aromatic N) is 3. The van der Waals surface area contributed by atoms with Gasteiger partial charge in [0, 0.05) is 17.6 Å². The summed E-state index contributed by atoms with van der Waals surface area (Å²) in [6, 6.07) is 10.1. The molecule has 0 saturated heterocycles. The van der Waals surface area contributed by atoms with E-state index in [1.54, 1.807) is 56.3 Å². The molecule has 0 aromatic heterocycles. The minimum Gasteiger partial charge on any atom is -0.386 e. The number of hydrogen-bond donors (Lipinski definition) is 3. The first-order chi connectivity index (χ1) is 20.1. The maximum atomic E-state index is 14.2. The number of alkyl halides is 3. The molecule has 2 aromatic rings. The van der Waals surface area contributed by atoms with Crippen LogP contribution < -0.4 is 16.4 Å². The highest BCUT2D eigenvalue weighted by atomic mass is 32.1. The quantitative estimate of drug-likeness (QED) is 0.108. The SMILES string of the molecule is CC(C)N1C(=O)C(c2ccccc2)N(C(C)CC(=O)OC(=O)C(F)(F)F)C(=O)c2cc(C#CC(S)CN=C(N)N)ccc21. The van der Waals surface area contributed by atoms with E-state index in [0.717, 1.165) is 4.90 Å². The lowest BCUT2D eigenvalue weighted by Gasteiger charge is -2.36. The fourth-order valence-corrected chi connectivity index (χ4v) is 4.64. The van der Waals surface area contributed by atoms with Crippen LogP contribution in [0.2, 0.25) is 0 Å². The average Bonchev–Trinajstić information content (AvgIpc) is 3.02. The molecule has 0 spiro atoms. The van der Waals surface area contributed by atoms with E-state index in [9.17, 15) is 32.3 Å². The van der Waals surface area contributed by atoms with Gasteiger partial charge in [0.15, 0.2) is 5.96 Å². The lowest BCUT2D eigenvalue weighted by Crippen LogP contribution is -2.48. The maximum absolute atomic E-state index is 14.2. The van der Waals surface area contributed by atoms with Crippen LogP contribution in [-0.2, 0) is 19.1 Å².